The Labute approximate surface area is 112 Å². The zero-order valence-corrected chi connectivity index (χ0v) is 11.9. The molecule has 0 unspecified atom stereocenters. The number of methoxy groups -OCH3 is 2. The van der Waals surface area contributed by atoms with Gasteiger partial charge in [-0.15, -0.1) is 0 Å². The van der Waals surface area contributed by atoms with Crippen LogP contribution in [0.2, 0.25) is 0 Å². The fourth-order valence-electron chi connectivity index (χ4n) is 1.65. The molecule has 0 aromatic heterocycles. The topological polar surface area (TPSA) is 91.3 Å². The van der Waals surface area contributed by atoms with Crippen LogP contribution < -0.4 is 0 Å². The summed E-state index contributed by atoms with van der Waals surface area (Å²) in [5.41, 5.74) is 0. The first kappa shape index (κ1) is 17.8. The first-order valence-electron chi connectivity index (χ1n) is 5.87. The summed E-state index contributed by atoms with van der Waals surface area (Å²) in [6.07, 6.45) is -3.33. The minimum absolute atomic E-state index is 0.111. The lowest BCUT2D eigenvalue weighted by atomic mass is 10.0. The van der Waals surface area contributed by atoms with Crippen LogP contribution in [0.1, 0.15) is 20.8 Å². The number of hydrogen-bond donors (Lipinski definition) is 1. The van der Waals surface area contributed by atoms with Gasteiger partial charge in [0.2, 0.25) is 0 Å². The second-order valence-electron chi connectivity index (χ2n) is 4.08. The molecule has 0 spiro atoms. The number of hydrogen-bond acceptors (Lipinski definition) is 7. The molecule has 0 heterocycles. The lowest BCUT2D eigenvalue weighted by Crippen LogP contribution is -2.48. The van der Waals surface area contributed by atoms with Crippen molar-refractivity contribution in [1.29, 1.82) is 0 Å². The van der Waals surface area contributed by atoms with E-state index in [1.54, 1.807) is 6.92 Å². The van der Waals surface area contributed by atoms with E-state index in [-0.39, 0.29) is 6.61 Å². The molecule has 0 radical (unpaired) electrons. The van der Waals surface area contributed by atoms with Crippen LogP contribution in [0.4, 0.5) is 0 Å². The molecule has 0 aliphatic carbocycles. The van der Waals surface area contributed by atoms with Crippen molar-refractivity contribution >= 4 is 11.9 Å². The number of esters is 2. The van der Waals surface area contributed by atoms with Crippen molar-refractivity contribution in [3.8, 4) is 0 Å². The van der Waals surface area contributed by atoms with E-state index in [9.17, 15) is 14.7 Å². The summed E-state index contributed by atoms with van der Waals surface area (Å²) >= 11 is 0. The molecule has 0 aromatic carbocycles. The van der Waals surface area contributed by atoms with Crippen LogP contribution in [0, 0.1) is 0 Å². The van der Waals surface area contributed by atoms with Crippen LogP contribution in [-0.4, -0.2) is 62.3 Å². The van der Waals surface area contributed by atoms with Gasteiger partial charge in [-0.2, -0.15) is 0 Å². The molecular formula is C12H22O7. The Kier molecular flexibility index (Phi) is 8.29. The van der Waals surface area contributed by atoms with Crippen molar-refractivity contribution in [3.63, 3.8) is 0 Å². The summed E-state index contributed by atoms with van der Waals surface area (Å²) < 4.78 is 19.9. The molecule has 0 rings (SSSR count). The number of carbonyl (C=O) groups is 2. The van der Waals surface area contributed by atoms with Crippen LogP contribution in [0.5, 0.6) is 0 Å². The number of rotatable bonds is 8. The molecule has 112 valence electrons. The predicted octanol–water partition coefficient (Wildman–Crippen LogP) is -0.108. The van der Waals surface area contributed by atoms with Gasteiger partial charge in [0, 0.05) is 28.1 Å². The van der Waals surface area contributed by atoms with Crippen molar-refractivity contribution < 1.29 is 33.6 Å². The third kappa shape index (κ3) is 6.51. The van der Waals surface area contributed by atoms with Gasteiger partial charge in [-0.25, -0.2) is 0 Å². The third-order valence-corrected chi connectivity index (χ3v) is 2.56. The van der Waals surface area contributed by atoms with Gasteiger partial charge in [-0.05, 0) is 6.92 Å². The Morgan fingerprint density at radius 3 is 2.05 bits per heavy atom. The molecule has 0 saturated heterocycles. The average molecular weight is 278 g/mol. The predicted molar refractivity (Wildman–Crippen MR) is 65.5 cm³/mol. The monoisotopic (exact) mass is 278 g/mol. The van der Waals surface area contributed by atoms with Crippen LogP contribution >= 0.6 is 0 Å². The van der Waals surface area contributed by atoms with Gasteiger partial charge in [0.1, 0.15) is 31.0 Å². The van der Waals surface area contributed by atoms with Crippen molar-refractivity contribution in [2.75, 3.05) is 20.8 Å². The second-order valence-corrected chi connectivity index (χ2v) is 4.08. The van der Waals surface area contributed by atoms with Crippen LogP contribution in [0.3, 0.4) is 0 Å². The Morgan fingerprint density at radius 1 is 1.11 bits per heavy atom. The first-order chi connectivity index (χ1) is 8.83. The lowest BCUT2D eigenvalue weighted by Gasteiger charge is -2.31. The lowest BCUT2D eigenvalue weighted by molar-refractivity contribution is -0.171. The van der Waals surface area contributed by atoms with Gasteiger partial charge in [-0.3, -0.25) is 9.59 Å². The summed E-state index contributed by atoms with van der Waals surface area (Å²) in [6, 6.07) is 0. The average Bonchev–Trinajstić information content (AvgIpc) is 2.29. The summed E-state index contributed by atoms with van der Waals surface area (Å²) in [4.78, 5) is 21.6. The highest BCUT2D eigenvalue weighted by Crippen LogP contribution is 2.14. The normalized spacial score (nSPS) is 17.2. The van der Waals surface area contributed by atoms with E-state index in [0.717, 1.165) is 0 Å². The quantitative estimate of drug-likeness (QED) is 0.619. The first-order valence-corrected chi connectivity index (χ1v) is 5.87. The van der Waals surface area contributed by atoms with Crippen LogP contribution in [0.25, 0.3) is 0 Å². The van der Waals surface area contributed by atoms with E-state index in [0.29, 0.717) is 0 Å². The van der Waals surface area contributed by atoms with Crippen molar-refractivity contribution in [2.24, 2.45) is 0 Å². The Bertz CT molecular complexity index is 292. The molecule has 19 heavy (non-hydrogen) atoms. The fraction of sp³-hybridized carbons (Fsp3) is 0.833. The molecule has 7 heteroatoms. The molecule has 4 atom stereocenters. The van der Waals surface area contributed by atoms with Crippen LogP contribution in [-0.2, 0) is 28.5 Å². The molecule has 7 nitrogen and oxygen atoms in total. The molecule has 0 saturated carbocycles. The highest BCUT2D eigenvalue weighted by atomic mass is 16.6. The smallest absolute Gasteiger partial charge is 0.302 e. The molecular weight excluding hydrogens is 256 g/mol. The van der Waals surface area contributed by atoms with E-state index < -0.39 is 36.4 Å². The number of aliphatic hydroxyl groups excluding tert-OH is 1. The maximum absolute atomic E-state index is 10.9. The summed E-state index contributed by atoms with van der Waals surface area (Å²) in [7, 11) is 2.76. The van der Waals surface area contributed by atoms with E-state index >= 15 is 0 Å². The highest BCUT2D eigenvalue weighted by Gasteiger charge is 2.34. The number of ether oxygens (including phenoxy) is 4. The highest BCUT2D eigenvalue weighted by molar-refractivity contribution is 5.66. The summed E-state index contributed by atoms with van der Waals surface area (Å²) in [5, 5.41) is 10.1. The second kappa shape index (κ2) is 8.84. The standard InChI is InChI=1S/C12H22O7/c1-7(19-9(3)14)12(17-5)11(15)10(16-4)6-18-8(2)13/h7,10-12,15H,6H2,1-5H3/t7-,10+,11-,12+/m1/s1. The number of aliphatic hydroxyl groups is 1. The minimum Gasteiger partial charge on any atom is -0.463 e. The van der Waals surface area contributed by atoms with Crippen molar-refractivity contribution in [3.05, 3.63) is 0 Å². The molecule has 0 amide bonds. The van der Waals surface area contributed by atoms with Gasteiger partial charge in [0.05, 0.1) is 0 Å². The summed E-state index contributed by atoms with van der Waals surface area (Å²) in [5.74, 6) is -0.952. The van der Waals surface area contributed by atoms with Gasteiger partial charge < -0.3 is 24.1 Å². The van der Waals surface area contributed by atoms with Gasteiger partial charge in [-0.1, -0.05) is 0 Å². The van der Waals surface area contributed by atoms with Gasteiger partial charge in [0.25, 0.3) is 0 Å². The van der Waals surface area contributed by atoms with Gasteiger partial charge >= 0.3 is 11.9 Å². The van der Waals surface area contributed by atoms with E-state index in [4.69, 9.17) is 18.9 Å². The third-order valence-electron chi connectivity index (χ3n) is 2.56. The van der Waals surface area contributed by atoms with E-state index in [1.807, 2.05) is 0 Å². The summed E-state index contributed by atoms with van der Waals surface area (Å²) in [6.45, 7) is 4.01. The maximum atomic E-state index is 10.9. The zero-order chi connectivity index (χ0) is 15.0. The minimum atomic E-state index is -1.11. The molecule has 0 bridgehead atoms. The fourth-order valence-corrected chi connectivity index (χ4v) is 1.65. The van der Waals surface area contributed by atoms with E-state index in [1.165, 1.54) is 28.1 Å². The molecule has 1 N–H and O–H groups in total. The van der Waals surface area contributed by atoms with E-state index in [2.05, 4.69) is 0 Å². The van der Waals surface area contributed by atoms with Crippen molar-refractivity contribution in [1.82, 2.24) is 0 Å². The van der Waals surface area contributed by atoms with Crippen molar-refractivity contribution in [2.45, 2.75) is 45.2 Å². The molecule has 0 aliphatic heterocycles. The Hall–Kier alpha value is -1.18. The van der Waals surface area contributed by atoms with Gasteiger partial charge in [0.15, 0.2) is 0 Å². The molecule has 0 fully saturated rings. The largest absolute Gasteiger partial charge is 0.463 e. The molecule has 0 aliphatic rings. The molecule has 0 aromatic rings. The zero-order valence-electron chi connectivity index (χ0n) is 11.9. The SMILES string of the molecule is CO[C@H]([C@H](O)[C@H](COC(C)=O)OC)[C@@H](C)OC(C)=O. The Morgan fingerprint density at radius 2 is 1.68 bits per heavy atom. The maximum Gasteiger partial charge on any atom is 0.302 e. The van der Waals surface area contributed by atoms with Crippen LogP contribution in [0.15, 0.2) is 0 Å². The number of carbonyl (C=O) groups excluding carboxylic acids is 2. The Balaban J connectivity index is 4.63.